The molecule has 0 aromatic carbocycles. The first-order valence-electron chi connectivity index (χ1n) is 6.40. The summed E-state index contributed by atoms with van der Waals surface area (Å²) in [5, 5.41) is 9.10. The molecule has 1 amide bonds. The van der Waals surface area contributed by atoms with Crippen molar-refractivity contribution < 1.29 is 14.7 Å². The number of carboxylic acid groups (broad SMARTS) is 1. The first kappa shape index (κ1) is 12.4. The van der Waals surface area contributed by atoms with Gasteiger partial charge in [0.15, 0.2) is 0 Å². The largest absolute Gasteiger partial charge is 0.481 e. The fourth-order valence-corrected chi connectivity index (χ4v) is 3.16. The van der Waals surface area contributed by atoms with E-state index in [1.807, 2.05) is 18.7 Å². The molecule has 4 heteroatoms. The molecule has 0 unspecified atom stereocenters. The summed E-state index contributed by atoms with van der Waals surface area (Å²) >= 11 is 0. The summed E-state index contributed by atoms with van der Waals surface area (Å²) in [6.45, 7) is 6.60. The molecular weight excluding hydrogens is 218 g/mol. The lowest BCUT2D eigenvalue weighted by atomic mass is 10.0. The zero-order chi connectivity index (χ0) is 12.8. The summed E-state index contributed by atoms with van der Waals surface area (Å²) in [4.78, 5) is 25.3. The van der Waals surface area contributed by atoms with Crippen LogP contribution in [0.25, 0.3) is 0 Å². The van der Waals surface area contributed by atoms with Crippen molar-refractivity contribution in [3.63, 3.8) is 0 Å². The van der Waals surface area contributed by atoms with Crippen molar-refractivity contribution in [3.8, 4) is 0 Å². The number of likely N-dealkylation sites (tertiary alicyclic amines) is 1. The number of hydrogen-bond acceptors (Lipinski definition) is 2. The summed E-state index contributed by atoms with van der Waals surface area (Å²) in [6.07, 6.45) is 3.25. The molecule has 0 spiro atoms. The van der Waals surface area contributed by atoms with Crippen LogP contribution in [0.3, 0.4) is 0 Å². The molecule has 2 aliphatic rings. The zero-order valence-electron chi connectivity index (χ0n) is 10.8. The van der Waals surface area contributed by atoms with Crippen molar-refractivity contribution >= 4 is 11.9 Å². The SMILES string of the molecule is C[C@H]1CCCCN1C(=O)[C@H]1[C@H](C(=O)O)C1(C)C. The minimum Gasteiger partial charge on any atom is -0.481 e. The van der Waals surface area contributed by atoms with Gasteiger partial charge < -0.3 is 10.0 Å². The van der Waals surface area contributed by atoms with E-state index in [0.717, 1.165) is 19.4 Å². The number of carbonyl (C=O) groups is 2. The highest BCUT2D eigenvalue weighted by Crippen LogP contribution is 2.59. The van der Waals surface area contributed by atoms with Gasteiger partial charge in [-0.25, -0.2) is 0 Å². The van der Waals surface area contributed by atoms with Gasteiger partial charge in [0.25, 0.3) is 0 Å². The molecule has 4 nitrogen and oxygen atoms in total. The Morgan fingerprint density at radius 1 is 1.24 bits per heavy atom. The molecule has 1 N–H and O–H groups in total. The number of carbonyl (C=O) groups excluding carboxylic acids is 1. The molecule has 2 rings (SSSR count). The second-order valence-corrected chi connectivity index (χ2v) is 5.99. The third-order valence-corrected chi connectivity index (χ3v) is 4.45. The van der Waals surface area contributed by atoms with Crippen molar-refractivity contribution in [2.24, 2.45) is 17.3 Å². The fraction of sp³-hybridized carbons (Fsp3) is 0.846. The van der Waals surface area contributed by atoms with E-state index >= 15 is 0 Å². The number of amides is 1. The number of carboxylic acids is 1. The van der Waals surface area contributed by atoms with E-state index in [1.54, 1.807) is 0 Å². The minimum atomic E-state index is -0.835. The maximum atomic E-state index is 12.4. The van der Waals surface area contributed by atoms with Crippen LogP contribution in [0.4, 0.5) is 0 Å². The second kappa shape index (κ2) is 4.00. The maximum Gasteiger partial charge on any atom is 0.307 e. The van der Waals surface area contributed by atoms with E-state index in [4.69, 9.17) is 5.11 Å². The molecule has 1 aliphatic heterocycles. The van der Waals surface area contributed by atoms with Crippen molar-refractivity contribution in [1.29, 1.82) is 0 Å². The summed E-state index contributed by atoms with van der Waals surface area (Å²) in [5.74, 6) is -1.60. The molecule has 1 heterocycles. The average Bonchev–Trinajstić information content (AvgIpc) is 2.81. The van der Waals surface area contributed by atoms with Crippen LogP contribution in [0, 0.1) is 17.3 Å². The van der Waals surface area contributed by atoms with Crippen LogP contribution in [0.1, 0.15) is 40.0 Å². The van der Waals surface area contributed by atoms with E-state index in [2.05, 4.69) is 6.92 Å². The van der Waals surface area contributed by atoms with E-state index in [-0.39, 0.29) is 23.3 Å². The summed E-state index contributed by atoms with van der Waals surface area (Å²) < 4.78 is 0. The molecule has 0 bridgehead atoms. The lowest BCUT2D eigenvalue weighted by Crippen LogP contribution is -2.43. The summed E-state index contributed by atoms with van der Waals surface area (Å²) in [5.41, 5.74) is -0.375. The first-order chi connectivity index (χ1) is 7.87. The van der Waals surface area contributed by atoms with Crippen molar-refractivity contribution in [2.45, 2.75) is 46.1 Å². The summed E-state index contributed by atoms with van der Waals surface area (Å²) in [7, 11) is 0. The number of nitrogens with zero attached hydrogens (tertiary/aromatic N) is 1. The summed E-state index contributed by atoms with van der Waals surface area (Å²) in [6, 6.07) is 0.266. The van der Waals surface area contributed by atoms with Gasteiger partial charge in [-0.15, -0.1) is 0 Å². The second-order valence-electron chi connectivity index (χ2n) is 5.99. The predicted molar refractivity (Wildman–Crippen MR) is 63.4 cm³/mol. The Balaban J connectivity index is 2.08. The van der Waals surface area contributed by atoms with Crippen LogP contribution in [0.2, 0.25) is 0 Å². The van der Waals surface area contributed by atoms with Gasteiger partial charge in [-0.05, 0) is 31.6 Å². The molecule has 96 valence electrons. The highest BCUT2D eigenvalue weighted by molar-refractivity contribution is 5.91. The van der Waals surface area contributed by atoms with Gasteiger partial charge in [0.2, 0.25) is 5.91 Å². The van der Waals surface area contributed by atoms with Gasteiger partial charge in [-0.1, -0.05) is 13.8 Å². The quantitative estimate of drug-likeness (QED) is 0.798. The van der Waals surface area contributed by atoms with Crippen LogP contribution in [-0.4, -0.2) is 34.5 Å². The van der Waals surface area contributed by atoms with Crippen molar-refractivity contribution in [2.75, 3.05) is 6.54 Å². The third-order valence-electron chi connectivity index (χ3n) is 4.45. The Bertz CT molecular complexity index is 351. The average molecular weight is 239 g/mol. The van der Waals surface area contributed by atoms with Crippen LogP contribution in [-0.2, 0) is 9.59 Å². The normalized spacial score (nSPS) is 35.5. The van der Waals surface area contributed by atoms with Crippen LogP contribution < -0.4 is 0 Å². The molecule has 17 heavy (non-hydrogen) atoms. The van der Waals surface area contributed by atoms with Gasteiger partial charge in [0, 0.05) is 12.6 Å². The van der Waals surface area contributed by atoms with Gasteiger partial charge >= 0.3 is 5.97 Å². The van der Waals surface area contributed by atoms with Gasteiger partial charge in [-0.2, -0.15) is 0 Å². The molecule has 0 aromatic heterocycles. The molecule has 1 aliphatic carbocycles. The Morgan fingerprint density at radius 2 is 1.88 bits per heavy atom. The molecular formula is C13H21NO3. The minimum absolute atomic E-state index is 0.0506. The van der Waals surface area contributed by atoms with Crippen LogP contribution >= 0.6 is 0 Å². The molecule has 1 saturated heterocycles. The van der Waals surface area contributed by atoms with E-state index < -0.39 is 11.9 Å². The van der Waals surface area contributed by atoms with Crippen molar-refractivity contribution in [1.82, 2.24) is 4.90 Å². The van der Waals surface area contributed by atoms with E-state index in [1.165, 1.54) is 6.42 Å². The van der Waals surface area contributed by atoms with Crippen LogP contribution in [0.15, 0.2) is 0 Å². The Hall–Kier alpha value is -1.06. The Kier molecular flexibility index (Phi) is 2.92. The van der Waals surface area contributed by atoms with E-state index in [0.29, 0.717) is 0 Å². The topological polar surface area (TPSA) is 57.6 Å². The Labute approximate surface area is 102 Å². The zero-order valence-corrected chi connectivity index (χ0v) is 10.8. The van der Waals surface area contributed by atoms with E-state index in [9.17, 15) is 9.59 Å². The number of piperidine rings is 1. The monoisotopic (exact) mass is 239 g/mol. The lowest BCUT2D eigenvalue weighted by molar-refractivity contribution is -0.143. The smallest absolute Gasteiger partial charge is 0.307 e. The molecule has 2 fully saturated rings. The molecule has 0 aromatic rings. The third kappa shape index (κ3) is 1.94. The standard InChI is InChI=1S/C13H21NO3/c1-8-6-4-5-7-14(8)11(15)9-10(12(16)17)13(9,2)3/h8-10H,4-7H2,1-3H3,(H,16,17)/t8-,9+,10+/m0/s1. The van der Waals surface area contributed by atoms with Crippen molar-refractivity contribution in [3.05, 3.63) is 0 Å². The van der Waals surface area contributed by atoms with Crippen LogP contribution in [0.5, 0.6) is 0 Å². The highest BCUT2D eigenvalue weighted by Gasteiger charge is 2.66. The van der Waals surface area contributed by atoms with Gasteiger partial charge in [-0.3, -0.25) is 9.59 Å². The lowest BCUT2D eigenvalue weighted by Gasteiger charge is -2.34. The molecule has 0 radical (unpaired) electrons. The highest BCUT2D eigenvalue weighted by atomic mass is 16.4. The number of aliphatic carboxylic acids is 1. The predicted octanol–water partition coefficient (Wildman–Crippen LogP) is 1.74. The molecule has 1 saturated carbocycles. The Morgan fingerprint density at radius 3 is 2.35 bits per heavy atom. The maximum absolute atomic E-state index is 12.4. The number of rotatable bonds is 2. The van der Waals surface area contributed by atoms with Gasteiger partial charge in [0.1, 0.15) is 0 Å². The first-order valence-corrected chi connectivity index (χ1v) is 6.40. The fourth-order valence-electron chi connectivity index (χ4n) is 3.16. The number of hydrogen-bond donors (Lipinski definition) is 1. The molecule has 3 atom stereocenters. The van der Waals surface area contributed by atoms with Gasteiger partial charge in [0.05, 0.1) is 11.8 Å².